The van der Waals surface area contributed by atoms with Crippen molar-refractivity contribution >= 4 is 16.0 Å². The Hall–Kier alpha value is -0.620. The van der Waals surface area contributed by atoms with Crippen LogP contribution >= 0.6 is 0 Å². The lowest BCUT2D eigenvalue weighted by Crippen LogP contribution is -2.33. The van der Waals surface area contributed by atoms with Gasteiger partial charge in [-0.05, 0) is 6.92 Å². The van der Waals surface area contributed by atoms with Gasteiger partial charge in [-0.1, -0.05) is 13.8 Å². The maximum absolute atomic E-state index is 11.6. The lowest BCUT2D eigenvalue weighted by Gasteiger charge is -2.17. The molecule has 0 radical (unpaired) electrons. The second-order valence-corrected chi connectivity index (χ2v) is 5.04. The molecule has 0 rings (SSSR count). The molecule has 0 aliphatic heterocycles. The van der Waals surface area contributed by atoms with Gasteiger partial charge in [-0.25, -0.2) is 12.7 Å². The highest BCUT2D eigenvalue weighted by atomic mass is 32.2. The van der Waals surface area contributed by atoms with Crippen molar-refractivity contribution in [3.63, 3.8) is 0 Å². The molecule has 0 fully saturated rings. The number of rotatable bonds is 7. The van der Waals surface area contributed by atoms with Crippen LogP contribution < -0.4 is 0 Å². The van der Waals surface area contributed by atoms with Gasteiger partial charge in [0.1, 0.15) is 0 Å². The topological polar surface area (TPSA) is 63.7 Å². The fraction of sp³-hybridized carbons (Fsp3) is 0.889. The molecule has 0 aromatic rings. The first kappa shape index (κ1) is 14.4. The second kappa shape index (κ2) is 6.79. The number of nitrogens with zero attached hydrogens (tertiary/aromatic N) is 1. The van der Waals surface area contributed by atoms with Crippen LogP contribution in [-0.2, 0) is 19.6 Å². The molecule has 0 unspecified atom stereocenters. The summed E-state index contributed by atoms with van der Waals surface area (Å²) in [5.41, 5.74) is 0. The molecule has 0 bridgehead atoms. The molecule has 0 N–H and O–H groups in total. The summed E-state index contributed by atoms with van der Waals surface area (Å²) in [4.78, 5) is 11.0. The lowest BCUT2D eigenvalue weighted by molar-refractivity contribution is -0.142. The first-order valence-corrected chi connectivity index (χ1v) is 6.72. The summed E-state index contributed by atoms with van der Waals surface area (Å²) < 4.78 is 29.2. The van der Waals surface area contributed by atoms with Crippen molar-refractivity contribution in [3.8, 4) is 0 Å². The smallest absolute Gasteiger partial charge is 0.306 e. The van der Waals surface area contributed by atoms with Gasteiger partial charge in [0.25, 0.3) is 0 Å². The first-order chi connectivity index (χ1) is 6.97. The van der Waals surface area contributed by atoms with Crippen LogP contribution in [-0.4, -0.2) is 44.1 Å². The van der Waals surface area contributed by atoms with Crippen LogP contribution in [0.15, 0.2) is 0 Å². The Morgan fingerprint density at radius 3 is 2.13 bits per heavy atom. The molecule has 90 valence electrons. The normalized spacial score (nSPS) is 11.7. The number of carbonyl (C=O) groups excluding carboxylic acids is 1. The van der Waals surface area contributed by atoms with Crippen LogP contribution in [0.1, 0.15) is 27.2 Å². The SMILES string of the molecule is CCOC(=O)CCS(=O)(=O)N(CC)CC. The van der Waals surface area contributed by atoms with Crippen LogP contribution in [0, 0.1) is 0 Å². The summed E-state index contributed by atoms with van der Waals surface area (Å²) in [7, 11) is -3.30. The highest BCUT2D eigenvalue weighted by Crippen LogP contribution is 2.03. The van der Waals surface area contributed by atoms with Gasteiger partial charge < -0.3 is 4.74 Å². The van der Waals surface area contributed by atoms with Gasteiger partial charge in [-0.15, -0.1) is 0 Å². The van der Waals surface area contributed by atoms with Gasteiger partial charge in [-0.2, -0.15) is 0 Å². The molecule has 0 saturated heterocycles. The summed E-state index contributed by atoms with van der Waals surface area (Å²) in [6.45, 7) is 6.38. The highest BCUT2D eigenvalue weighted by molar-refractivity contribution is 7.89. The van der Waals surface area contributed by atoms with Gasteiger partial charge in [0.15, 0.2) is 0 Å². The maximum Gasteiger partial charge on any atom is 0.306 e. The third kappa shape index (κ3) is 5.13. The summed E-state index contributed by atoms with van der Waals surface area (Å²) in [6, 6.07) is 0. The van der Waals surface area contributed by atoms with E-state index >= 15 is 0 Å². The van der Waals surface area contributed by atoms with Gasteiger partial charge in [0.2, 0.25) is 10.0 Å². The molecule has 0 aromatic heterocycles. The summed E-state index contributed by atoms with van der Waals surface area (Å²) >= 11 is 0. The van der Waals surface area contributed by atoms with E-state index in [1.807, 2.05) is 0 Å². The van der Waals surface area contributed by atoms with Crippen LogP contribution in [0.5, 0.6) is 0 Å². The number of hydrogen-bond donors (Lipinski definition) is 0. The maximum atomic E-state index is 11.6. The zero-order valence-corrected chi connectivity index (χ0v) is 10.3. The molecule has 15 heavy (non-hydrogen) atoms. The number of hydrogen-bond acceptors (Lipinski definition) is 4. The van der Waals surface area contributed by atoms with Crippen molar-refractivity contribution in [3.05, 3.63) is 0 Å². The third-order valence-electron chi connectivity index (χ3n) is 1.97. The van der Waals surface area contributed by atoms with Gasteiger partial charge in [0, 0.05) is 13.1 Å². The number of sulfonamides is 1. The van der Waals surface area contributed by atoms with Crippen molar-refractivity contribution in [1.29, 1.82) is 0 Å². The molecule has 0 amide bonds. The summed E-state index contributed by atoms with van der Waals surface area (Å²) in [5, 5.41) is 0. The standard InChI is InChI=1S/C9H19NO4S/c1-4-10(5-2)15(12,13)8-7-9(11)14-6-3/h4-8H2,1-3H3. The van der Waals surface area contributed by atoms with E-state index in [-0.39, 0.29) is 18.8 Å². The van der Waals surface area contributed by atoms with Crippen molar-refractivity contribution in [2.24, 2.45) is 0 Å². The van der Waals surface area contributed by atoms with Crippen LogP contribution in [0.2, 0.25) is 0 Å². The lowest BCUT2D eigenvalue weighted by atomic mass is 10.5. The molecule has 0 aromatic carbocycles. The van der Waals surface area contributed by atoms with E-state index in [0.29, 0.717) is 13.1 Å². The number of esters is 1. The Balaban J connectivity index is 4.21. The Kier molecular flexibility index (Phi) is 6.51. The van der Waals surface area contributed by atoms with E-state index in [2.05, 4.69) is 4.74 Å². The molecule has 0 aliphatic rings. The van der Waals surface area contributed by atoms with Crippen LogP contribution in [0.3, 0.4) is 0 Å². The van der Waals surface area contributed by atoms with Crippen LogP contribution in [0.25, 0.3) is 0 Å². The van der Waals surface area contributed by atoms with E-state index in [9.17, 15) is 13.2 Å². The number of ether oxygens (including phenoxy) is 1. The summed E-state index contributed by atoms with van der Waals surface area (Å²) in [6.07, 6.45) is -0.0767. The summed E-state index contributed by atoms with van der Waals surface area (Å²) in [5.74, 6) is -0.638. The monoisotopic (exact) mass is 237 g/mol. The Morgan fingerprint density at radius 1 is 1.20 bits per heavy atom. The van der Waals surface area contributed by atoms with Crippen molar-refractivity contribution in [2.45, 2.75) is 27.2 Å². The van der Waals surface area contributed by atoms with Crippen molar-refractivity contribution in [1.82, 2.24) is 4.31 Å². The van der Waals surface area contributed by atoms with Gasteiger partial charge in [0.05, 0.1) is 18.8 Å². The van der Waals surface area contributed by atoms with Crippen molar-refractivity contribution < 1.29 is 17.9 Å². The third-order valence-corrected chi connectivity index (χ3v) is 3.99. The fourth-order valence-corrected chi connectivity index (χ4v) is 2.66. The van der Waals surface area contributed by atoms with Gasteiger partial charge >= 0.3 is 5.97 Å². The predicted molar refractivity (Wildman–Crippen MR) is 58.0 cm³/mol. The number of carbonyl (C=O) groups is 1. The molecule has 5 nitrogen and oxygen atoms in total. The van der Waals surface area contributed by atoms with Gasteiger partial charge in [-0.3, -0.25) is 4.79 Å². The minimum Gasteiger partial charge on any atom is -0.466 e. The Morgan fingerprint density at radius 2 is 1.73 bits per heavy atom. The fourth-order valence-electron chi connectivity index (χ4n) is 1.19. The van der Waals surface area contributed by atoms with E-state index < -0.39 is 16.0 Å². The average Bonchev–Trinajstić information content (AvgIpc) is 2.17. The first-order valence-electron chi connectivity index (χ1n) is 5.11. The molecule has 0 heterocycles. The zero-order valence-electron chi connectivity index (χ0n) is 9.52. The minimum absolute atomic E-state index is 0.0767. The largest absolute Gasteiger partial charge is 0.466 e. The quantitative estimate of drug-likeness (QED) is 0.609. The Labute approximate surface area is 91.5 Å². The average molecular weight is 237 g/mol. The highest BCUT2D eigenvalue weighted by Gasteiger charge is 2.20. The van der Waals surface area contributed by atoms with E-state index in [1.165, 1.54) is 4.31 Å². The molecule has 0 spiro atoms. The van der Waals surface area contributed by atoms with E-state index in [4.69, 9.17) is 0 Å². The molecular weight excluding hydrogens is 218 g/mol. The second-order valence-electron chi connectivity index (χ2n) is 2.96. The molecular formula is C9H19NO4S. The van der Waals surface area contributed by atoms with Crippen molar-refractivity contribution in [2.75, 3.05) is 25.4 Å². The zero-order chi connectivity index (χ0) is 11.9. The van der Waals surface area contributed by atoms with E-state index in [1.54, 1.807) is 20.8 Å². The minimum atomic E-state index is -3.30. The van der Waals surface area contributed by atoms with Crippen LogP contribution in [0.4, 0.5) is 0 Å². The molecule has 0 atom stereocenters. The van der Waals surface area contributed by atoms with E-state index in [0.717, 1.165) is 0 Å². The molecule has 6 heteroatoms. The molecule has 0 aliphatic carbocycles. The predicted octanol–water partition coefficient (Wildman–Crippen LogP) is 0.611. The Bertz CT molecular complexity index is 282. The molecule has 0 saturated carbocycles.